The molecule has 4 aliphatic carbocycles. The second-order valence-corrected chi connectivity index (χ2v) is 9.43. The van der Waals surface area contributed by atoms with E-state index in [1.54, 1.807) is 6.92 Å². The molecule has 4 saturated carbocycles. The van der Waals surface area contributed by atoms with Crippen LogP contribution in [0, 0.1) is 17.8 Å². The number of halogens is 3. The summed E-state index contributed by atoms with van der Waals surface area (Å²) in [6, 6.07) is 0. The molecule has 3 N–H and O–H groups in total. The molecule has 0 aliphatic heterocycles. The number of hydrogen-bond donors (Lipinski definition) is 2. The lowest BCUT2D eigenvalue weighted by molar-refractivity contribution is -0.146. The maximum atomic E-state index is 12.8. The summed E-state index contributed by atoms with van der Waals surface area (Å²) in [5.74, 6) is 6.10. The Morgan fingerprint density at radius 3 is 2.23 bits per heavy atom. The van der Waals surface area contributed by atoms with Crippen molar-refractivity contribution in [2.24, 2.45) is 17.8 Å². The molecule has 0 radical (unpaired) electrons. The number of carbonyl (C=O) groups is 1. The Morgan fingerprint density at radius 1 is 1.23 bits per heavy atom. The van der Waals surface area contributed by atoms with Crippen LogP contribution in [0.1, 0.15) is 51.3 Å². The summed E-state index contributed by atoms with van der Waals surface area (Å²) in [6.45, 7) is 1.66. The molecule has 1 aromatic rings. The van der Waals surface area contributed by atoms with E-state index in [0.29, 0.717) is 22.4 Å². The lowest BCUT2D eigenvalue weighted by Gasteiger charge is -2.57. The predicted octanol–water partition coefficient (Wildman–Crippen LogP) is 2.58. The summed E-state index contributed by atoms with van der Waals surface area (Å²) in [5.41, 5.74) is -0.131. The molecule has 4 fully saturated rings. The number of rotatable bonds is 4. The Labute approximate surface area is 153 Å². The number of alkyl halides is 3. The fourth-order valence-electron chi connectivity index (χ4n) is 5.39. The van der Waals surface area contributed by atoms with Crippen molar-refractivity contribution in [1.82, 2.24) is 20.2 Å². The van der Waals surface area contributed by atoms with Gasteiger partial charge in [0.1, 0.15) is 0 Å². The highest BCUT2D eigenvalue weighted by Gasteiger charge is 2.51. The van der Waals surface area contributed by atoms with Crippen LogP contribution in [0.25, 0.3) is 0 Å². The first kappa shape index (κ1) is 17.9. The van der Waals surface area contributed by atoms with Crippen LogP contribution in [-0.2, 0) is 11.0 Å². The van der Waals surface area contributed by atoms with Crippen molar-refractivity contribution < 1.29 is 18.0 Å². The van der Waals surface area contributed by atoms with Crippen molar-refractivity contribution in [2.75, 3.05) is 5.84 Å². The first-order valence-corrected chi connectivity index (χ1v) is 9.79. The zero-order chi connectivity index (χ0) is 18.7. The van der Waals surface area contributed by atoms with Gasteiger partial charge in [0, 0.05) is 5.54 Å². The normalized spacial score (nSPS) is 34.1. The SMILES string of the molecule is C[C@@H](Sc1nnc(C(F)(F)F)n1N)C(=O)NC12CC3CC(CC(C3)C1)C2. The van der Waals surface area contributed by atoms with Crippen LogP contribution in [0.5, 0.6) is 0 Å². The van der Waals surface area contributed by atoms with Gasteiger partial charge >= 0.3 is 6.18 Å². The number of nitrogen functional groups attached to an aromatic ring is 1. The fraction of sp³-hybridized carbons (Fsp3) is 0.812. The molecule has 1 atom stereocenters. The number of hydrogen-bond acceptors (Lipinski definition) is 5. The molecular formula is C16H22F3N5OS. The van der Waals surface area contributed by atoms with E-state index in [1.807, 2.05) is 0 Å². The molecule has 1 aromatic heterocycles. The largest absolute Gasteiger partial charge is 0.453 e. The van der Waals surface area contributed by atoms with E-state index in [4.69, 9.17) is 5.84 Å². The minimum Gasteiger partial charge on any atom is -0.350 e. The molecule has 4 bridgehead atoms. The molecule has 1 heterocycles. The quantitative estimate of drug-likeness (QED) is 0.611. The minimum absolute atomic E-state index is 0.120. The molecule has 0 aromatic carbocycles. The Bertz CT molecular complexity index is 684. The number of carbonyl (C=O) groups excluding carboxylic acids is 1. The number of aromatic nitrogens is 3. The highest BCUT2D eigenvalue weighted by atomic mass is 32.2. The van der Waals surface area contributed by atoms with Crippen molar-refractivity contribution in [3.05, 3.63) is 5.82 Å². The summed E-state index contributed by atoms with van der Waals surface area (Å²) in [5, 5.41) is 9.07. The van der Waals surface area contributed by atoms with Gasteiger partial charge in [0.15, 0.2) is 0 Å². The topological polar surface area (TPSA) is 85.8 Å². The standard InChI is InChI=1S/C16H22F3N5OS/c1-8(26-14-23-22-13(24(14)20)16(17,18)19)12(25)21-15-5-9-2-10(6-15)4-11(3-9)7-15/h8-11H,2-7,20H2,1H3,(H,21,25)/t8-,9?,10?,11?,15?/m1/s1. The van der Waals surface area contributed by atoms with Crippen LogP contribution < -0.4 is 11.2 Å². The Hall–Kier alpha value is -1.45. The van der Waals surface area contributed by atoms with Gasteiger partial charge in [-0.3, -0.25) is 4.79 Å². The Kier molecular flexibility index (Phi) is 4.16. The molecule has 4 aliphatic rings. The van der Waals surface area contributed by atoms with Crippen LogP contribution in [0.15, 0.2) is 5.16 Å². The van der Waals surface area contributed by atoms with E-state index in [1.165, 1.54) is 19.3 Å². The molecular weight excluding hydrogens is 367 g/mol. The van der Waals surface area contributed by atoms with Gasteiger partial charge in [0.05, 0.1) is 5.25 Å². The molecule has 6 nitrogen and oxygen atoms in total. The third kappa shape index (κ3) is 3.16. The van der Waals surface area contributed by atoms with E-state index in [0.717, 1.165) is 31.0 Å². The summed E-state index contributed by atoms with van der Waals surface area (Å²) in [7, 11) is 0. The van der Waals surface area contributed by atoms with Crippen LogP contribution in [0.3, 0.4) is 0 Å². The average Bonchev–Trinajstić information content (AvgIpc) is 2.86. The maximum Gasteiger partial charge on any atom is 0.453 e. The number of nitrogens with zero attached hydrogens (tertiary/aromatic N) is 3. The molecule has 0 saturated heterocycles. The highest BCUT2D eigenvalue weighted by Crippen LogP contribution is 2.55. The summed E-state index contributed by atoms with van der Waals surface area (Å²) < 4.78 is 38.7. The minimum atomic E-state index is -4.68. The van der Waals surface area contributed by atoms with E-state index >= 15 is 0 Å². The highest BCUT2D eigenvalue weighted by molar-refractivity contribution is 8.00. The second kappa shape index (κ2) is 6.03. The van der Waals surface area contributed by atoms with Gasteiger partial charge < -0.3 is 11.2 Å². The van der Waals surface area contributed by atoms with Crippen molar-refractivity contribution in [2.45, 2.75) is 67.6 Å². The third-order valence-electron chi connectivity index (χ3n) is 6.00. The van der Waals surface area contributed by atoms with Crippen LogP contribution in [0.2, 0.25) is 0 Å². The van der Waals surface area contributed by atoms with Gasteiger partial charge in [-0.2, -0.15) is 13.2 Å². The van der Waals surface area contributed by atoms with Gasteiger partial charge in [0.25, 0.3) is 5.82 Å². The number of thioether (sulfide) groups is 1. The monoisotopic (exact) mass is 389 g/mol. The average molecular weight is 389 g/mol. The van der Waals surface area contributed by atoms with Crippen molar-refractivity contribution in [1.29, 1.82) is 0 Å². The maximum absolute atomic E-state index is 12.8. The molecule has 0 unspecified atom stereocenters. The van der Waals surface area contributed by atoms with Crippen LogP contribution in [0.4, 0.5) is 13.2 Å². The molecule has 5 rings (SSSR count). The van der Waals surface area contributed by atoms with E-state index in [2.05, 4.69) is 15.5 Å². The van der Waals surface area contributed by atoms with Crippen LogP contribution >= 0.6 is 11.8 Å². The Balaban J connectivity index is 1.42. The fourth-order valence-corrected chi connectivity index (χ4v) is 6.16. The molecule has 26 heavy (non-hydrogen) atoms. The van der Waals surface area contributed by atoms with E-state index in [9.17, 15) is 18.0 Å². The van der Waals surface area contributed by atoms with Gasteiger partial charge in [-0.15, -0.1) is 10.2 Å². The van der Waals surface area contributed by atoms with Gasteiger partial charge in [-0.1, -0.05) is 11.8 Å². The second-order valence-electron chi connectivity index (χ2n) is 8.12. The summed E-state index contributed by atoms with van der Waals surface area (Å²) in [6.07, 6.45) is 2.21. The summed E-state index contributed by atoms with van der Waals surface area (Å²) in [4.78, 5) is 12.7. The number of nitrogens with two attached hydrogens (primary N) is 1. The molecule has 144 valence electrons. The van der Waals surface area contributed by atoms with Gasteiger partial charge in [-0.25, -0.2) is 4.68 Å². The third-order valence-corrected chi connectivity index (χ3v) is 7.05. The molecule has 10 heteroatoms. The lowest BCUT2D eigenvalue weighted by Crippen LogP contribution is -2.60. The lowest BCUT2D eigenvalue weighted by atomic mass is 9.53. The van der Waals surface area contributed by atoms with Crippen LogP contribution in [-0.4, -0.2) is 31.6 Å². The van der Waals surface area contributed by atoms with E-state index < -0.39 is 17.3 Å². The van der Waals surface area contributed by atoms with Gasteiger partial charge in [-0.05, 0) is 63.2 Å². The first-order valence-electron chi connectivity index (χ1n) is 8.91. The number of nitrogens with one attached hydrogen (secondary N) is 1. The summed E-state index contributed by atoms with van der Waals surface area (Å²) >= 11 is 0.896. The van der Waals surface area contributed by atoms with Crippen molar-refractivity contribution >= 4 is 17.7 Å². The predicted molar refractivity (Wildman–Crippen MR) is 89.5 cm³/mol. The van der Waals surface area contributed by atoms with E-state index in [-0.39, 0.29) is 16.6 Å². The van der Waals surface area contributed by atoms with Crippen molar-refractivity contribution in [3.63, 3.8) is 0 Å². The first-order chi connectivity index (χ1) is 12.2. The Morgan fingerprint density at radius 2 is 1.77 bits per heavy atom. The zero-order valence-electron chi connectivity index (χ0n) is 14.4. The zero-order valence-corrected chi connectivity index (χ0v) is 15.2. The number of amides is 1. The van der Waals surface area contributed by atoms with Gasteiger partial charge in [0.2, 0.25) is 11.1 Å². The van der Waals surface area contributed by atoms with Crippen molar-refractivity contribution in [3.8, 4) is 0 Å². The smallest absolute Gasteiger partial charge is 0.350 e. The molecule has 0 spiro atoms. The molecule has 1 amide bonds.